The standard InChI is InChI=1S/C24H31N3O3/c1-4-9-20(18-10-6-5-7-11-18)26-24(29)17(2)25-19-13-14-22(30-3)21(16-19)27-15-8-12-23(27)28/h5-7,10-11,13-14,16-17,20,25H,4,8-9,12,15H2,1-3H3,(H,26,29). The Morgan fingerprint density at radius 3 is 2.60 bits per heavy atom. The minimum Gasteiger partial charge on any atom is -0.495 e. The van der Waals surface area contributed by atoms with Crippen molar-refractivity contribution in [3.8, 4) is 5.75 Å². The molecule has 0 aromatic heterocycles. The zero-order valence-corrected chi connectivity index (χ0v) is 18.0. The molecule has 160 valence electrons. The van der Waals surface area contributed by atoms with E-state index in [4.69, 9.17) is 4.74 Å². The minimum atomic E-state index is -0.427. The monoisotopic (exact) mass is 409 g/mol. The van der Waals surface area contributed by atoms with Crippen LogP contribution in [0.3, 0.4) is 0 Å². The van der Waals surface area contributed by atoms with E-state index in [2.05, 4.69) is 17.6 Å². The summed E-state index contributed by atoms with van der Waals surface area (Å²) in [6, 6.07) is 15.2. The third-order valence-corrected chi connectivity index (χ3v) is 5.42. The van der Waals surface area contributed by atoms with Crippen molar-refractivity contribution >= 4 is 23.2 Å². The van der Waals surface area contributed by atoms with Crippen molar-refractivity contribution in [2.75, 3.05) is 23.9 Å². The average Bonchev–Trinajstić information content (AvgIpc) is 3.19. The van der Waals surface area contributed by atoms with Crippen LogP contribution < -0.4 is 20.3 Å². The van der Waals surface area contributed by atoms with Crippen molar-refractivity contribution in [3.05, 3.63) is 54.1 Å². The molecule has 1 aliphatic heterocycles. The molecule has 1 fully saturated rings. The van der Waals surface area contributed by atoms with Crippen LogP contribution in [-0.2, 0) is 9.59 Å². The van der Waals surface area contributed by atoms with Crippen LogP contribution in [0, 0.1) is 0 Å². The van der Waals surface area contributed by atoms with Gasteiger partial charge >= 0.3 is 0 Å². The lowest BCUT2D eigenvalue weighted by Gasteiger charge is -2.24. The number of carbonyl (C=O) groups is 2. The zero-order valence-electron chi connectivity index (χ0n) is 18.0. The van der Waals surface area contributed by atoms with Crippen molar-refractivity contribution < 1.29 is 14.3 Å². The van der Waals surface area contributed by atoms with E-state index in [-0.39, 0.29) is 17.9 Å². The highest BCUT2D eigenvalue weighted by molar-refractivity contribution is 5.97. The van der Waals surface area contributed by atoms with Gasteiger partial charge in [0.05, 0.1) is 18.8 Å². The number of ether oxygens (including phenoxy) is 1. The number of benzene rings is 2. The molecule has 6 nitrogen and oxygen atoms in total. The van der Waals surface area contributed by atoms with Crippen molar-refractivity contribution in [2.24, 2.45) is 0 Å². The van der Waals surface area contributed by atoms with Crippen molar-refractivity contribution in [1.29, 1.82) is 0 Å². The number of amides is 2. The van der Waals surface area contributed by atoms with Crippen LogP contribution in [0.4, 0.5) is 11.4 Å². The Morgan fingerprint density at radius 1 is 1.20 bits per heavy atom. The highest BCUT2D eigenvalue weighted by Gasteiger charge is 2.25. The number of hydrogen-bond donors (Lipinski definition) is 2. The maximum atomic E-state index is 12.9. The summed E-state index contributed by atoms with van der Waals surface area (Å²) >= 11 is 0. The molecule has 30 heavy (non-hydrogen) atoms. The third kappa shape index (κ3) is 5.12. The van der Waals surface area contributed by atoms with Crippen LogP contribution in [0.1, 0.15) is 51.1 Å². The molecular weight excluding hydrogens is 378 g/mol. The van der Waals surface area contributed by atoms with Crippen molar-refractivity contribution in [2.45, 2.75) is 51.6 Å². The summed E-state index contributed by atoms with van der Waals surface area (Å²) in [5.41, 5.74) is 2.63. The number of methoxy groups -OCH3 is 1. The fraction of sp³-hybridized carbons (Fsp3) is 0.417. The van der Waals surface area contributed by atoms with Crippen LogP contribution >= 0.6 is 0 Å². The Balaban J connectivity index is 1.70. The van der Waals surface area contributed by atoms with Gasteiger partial charge in [-0.05, 0) is 43.5 Å². The molecule has 2 unspecified atom stereocenters. The quantitative estimate of drug-likeness (QED) is 0.649. The Labute approximate surface area is 178 Å². The van der Waals surface area contributed by atoms with Gasteiger partial charge in [0.1, 0.15) is 11.8 Å². The van der Waals surface area contributed by atoms with Gasteiger partial charge in [-0.2, -0.15) is 0 Å². The van der Waals surface area contributed by atoms with E-state index in [0.29, 0.717) is 18.7 Å². The van der Waals surface area contributed by atoms with Gasteiger partial charge in [0.2, 0.25) is 11.8 Å². The number of nitrogens with zero attached hydrogens (tertiary/aromatic N) is 1. The molecule has 2 N–H and O–H groups in total. The Hall–Kier alpha value is -3.02. The average molecular weight is 410 g/mol. The second kappa shape index (κ2) is 10.1. The normalized spacial score (nSPS) is 15.6. The van der Waals surface area contributed by atoms with Crippen LogP contribution in [0.2, 0.25) is 0 Å². The highest BCUT2D eigenvalue weighted by Crippen LogP contribution is 2.34. The molecular formula is C24H31N3O3. The summed E-state index contributed by atoms with van der Waals surface area (Å²) in [6.07, 6.45) is 3.26. The molecule has 0 radical (unpaired) electrons. The van der Waals surface area contributed by atoms with Crippen molar-refractivity contribution in [3.63, 3.8) is 0 Å². The maximum absolute atomic E-state index is 12.9. The van der Waals surface area contributed by atoms with E-state index in [1.54, 1.807) is 12.0 Å². The second-order valence-electron chi connectivity index (χ2n) is 7.66. The SMILES string of the molecule is CCCC(NC(=O)C(C)Nc1ccc(OC)c(N2CCCC2=O)c1)c1ccccc1. The molecule has 6 heteroatoms. The predicted octanol–water partition coefficient (Wildman–Crippen LogP) is 4.28. The summed E-state index contributed by atoms with van der Waals surface area (Å²) in [6.45, 7) is 4.64. The molecule has 0 aliphatic carbocycles. The summed E-state index contributed by atoms with van der Waals surface area (Å²) < 4.78 is 5.44. The van der Waals surface area contributed by atoms with Crippen LogP contribution in [0.5, 0.6) is 5.75 Å². The predicted molar refractivity (Wildman–Crippen MR) is 120 cm³/mol. The molecule has 2 aromatic carbocycles. The molecule has 1 saturated heterocycles. The van der Waals surface area contributed by atoms with E-state index >= 15 is 0 Å². The molecule has 0 saturated carbocycles. The number of nitrogens with one attached hydrogen (secondary N) is 2. The first-order valence-corrected chi connectivity index (χ1v) is 10.6. The van der Waals surface area contributed by atoms with Gasteiger partial charge in [0.25, 0.3) is 0 Å². The fourth-order valence-corrected chi connectivity index (χ4v) is 3.80. The van der Waals surface area contributed by atoms with E-state index in [1.165, 1.54) is 0 Å². The van der Waals surface area contributed by atoms with E-state index in [1.807, 2.05) is 55.5 Å². The number of anilines is 2. The molecule has 0 spiro atoms. The summed E-state index contributed by atoms with van der Waals surface area (Å²) in [4.78, 5) is 26.8. The first-order chi connectivity index (χ1) is 14.5. The maximum Gasteiger partial charge on any atom is 0.242 e. The lowest BCUT2D eigenvalue weighted by molar-refractivity contribution is -0.122. The summed E-state index contributed by atoms with van der Waals surface area (Å²) in [5, 5.41) is 6.43. The van der Waals surface area contributed by atoms with Gasteiger partial charge in [0, 0.05) is 18.7 Å². The van der Waals surface area contributed by atoms with Crippen LogP contribution in [0.25, 0.3) is 0 Å². The lowest BCUT2D eigenvalue weighted by Crippen LogP contribution is -2.39. The lowest BCUT2D eigenvalue weighted by atomic mass is 10.0. The van der Waals surface area contributed by atoms with Gasteiger partial charge in [-0.25, -0.2) is 0 Å². The highest BCUT2D eigenvalue weighted by atomic mass is 16.5. The molecule has 1 aliphatic rings. The van der Waals surface area contributed by atoms with Gasteiger partial charge in [-0.3, -0.25) is 9.59 Å². The third-order valence-electron chi connectivity index (χ3n) is 5.42. The molecule has 3 rings (SSSR count). The molecule has 1 heterocycles. The Morgan fingerprint density at radius 2 is 1.97 bits per heavy atom. The zero-order chi connectivity index (χ0) is 21.5. The number of carbonyl (C=O) groups excluding carboxylic acids is 2. The van der Waals surface area contributed by atoms with Gasteiger partial charge in [-0.15, -0.1) is 0 Å². The van der Waals surface area contributed by atoms with Crippen LogP contribution in [-0.4, -0.2) is 31.5 Å². The Bertz CT molecular complexity index is 869. The van der Waals surface area contributed by atoms with Gasteiger partial charge in [-0.1, -0.05) is 43.7 Å². The number of rotatable bonds is 9. The van der Waals surface area contributed by atoms with E-state index in [9.17, 15) is 9.59 Å². The minimum absolute atomic E-state index is 0.0124. The smallest absolute Gasteiger partial charge is 0.242 e. The number of hydrogen-bond acceptors (Lipinski definition) is 4. The van der Waals surface area contributed by atoms with Gasteiger partial charge in [0.15, 0.2) is 0 Å². The van der Waals surface area contributed by atoms with Crippen LogP contribution in [0.15, 0.2) is 48.5 Å². The first kappa shape index (κ1) is 21.7. The summed E-state index contributed by atoms with van der Waals surface area (Å²) in [5.74, 6) is 0.688. The molecule has 2 atom stereocenters. The summed E-state index contributed by atoms with van der Waals surface area (Å²) in [7, 11) is 1.60. The van der Waals surface area contributed by atoms with Gasteiger partial charge < -0.3 is 20.3 Å². The first-order valence-electron chi connectivity index (χ1n) is 10.6. The fourth-order valence-electron chi connectivity index (χ4n) is 3.80. The molecule has 0 bridgehead atoms. The second-order valence-corrected chi connectivity index (χ2v) is 7.66. The molecule has 2 amide bonds. The van der Waals surface area contributed by atoms with E-state index < -0.39 is 6.04 Å². The van der Waals surface area contributed by atoms with E-state index in [0.717, 1.165) is 36.2 Å². The topological polar surface area (TPSA) is 70.7 Å². The molecule has 2 aromatic rings. The Kier molecular flexibility index (Phi) is 7.33. The van der Waals surface area contributed by atoms with Crippen molar-refractivity contribution in [1.82, 2.24) is 5.32 Å². The largest absolute Gasteiger partial charge is 0.495 e.